The molecule has 6 heteroatoms. The molecular formula is C14H10FN3OS. The van der Waals surface area contributed by atoms with Crippen molar-refractivity contribution in [2.24, 2.45) is 0 Å². The Morgan fingerprint density at radius 1 is 1.30 bits per heavy atom. The Kier molecular flexibility index (Phi) is 3.39. The Bertz CT molecular complexity index is 737. The van der Waals surface area contributed by atoms with Gasteiger partial charge in [0.1, 0.15) is 11.5 Å². The number of benzene rings is 1. The maximum Gasteiger partial charge on any atom is 0.172 e. The molecule has 0 saturated carbocycles. The summed E-state index contributed by atoms with van der Waals surface area (Å²) in [5.41, 5.74) is 1.49. The van der Waals surface area contributed by atoms with Crippen molar-refractivity contribution in [1.82, 2.24) is 15.0 Å². The van der Waals surface area contributed by atoms with Crippen molar-refractivity contribution in [3.63, 3.8) is 0 Å². The van der Waals surface area contributed by atoms with Gasteiger partial charge in [0.25, 0.3) is 0 Å². The van der Waals surface area contributed by atoms with E-state index >= 15 is 0 Å². The second-order valence-corrected chi connectivity index (χ2v) is 5.22. The van der Waals surface area contributed by atoms with Crippen LogP contribution in [0.3, 0.4) is 0 Å². The molecule has 0 atom stereocenters. The lowest BCUT2D eigenvalue weighted by Crippen LogP contribution is -2.04. The fourth-order valence-electron chi connectivity index (χ4n) is 1.96. The molecule has 2 aromatic heterocycles. The number of aromatic nitrogens is 3. The molecule has 100 valence electrons. The van der Waals surface area contributed by atoms with E-state index < -0.39 is 0 Å². The van der Waals surface area contributed by atoms with Gasteiger partial charge in [0.15, 0.2) is 6.29 Å². The molecule has 0 bridgehead atoms. The van der Waals surface area contributed by atoms with Crippen LogP contribution in [0.4, 0.5) is 4.39 Å². The normalized spacial score (nSPS) is 10.7. The first kappa shape index (κ1) is 12.7. The summed E-state index contributed by atoms with van der Waals surface area (Å²) >= 11 is 1.59. The first-order chi connectivity index (χ1) is 9.78. The van der Waals surface area contributed by atoms with Crippen molar-refractivity contribution < 1.29 is 9.18 Å². The molecule has 20 heavy (non-hydrogen) atoms. The van der Waals surface area contributed by atoms with E-state index in [0.29, 0.717) is 24.1 Å². The zero-order valence-electron chi connectivity index (χ0n) is 10.4. The maximum absolute atomic E-state index is 13.3. The summed E-state index contributed by atoms with van der Waals surface area (Å²) in [5, 5.41) is 9.77. The van der Waals surface area contributed by atoms with Gasteiger partial charge in [0.05, 0.1) is 11.4 Å². The number of rotatable bonds is 4. The average molecular weight is 287 g/mol. The van der Waals surface area contributed by atoms with E-state index in [-0.39, 0.29) is 11.5 Å². The quantitative estimate of drug-likeness (QED) is 0.693. The number of thiophene rings is 1. The molecule has 0 unspecified atom stereocenters. The van der Waals surface area contributed by atoms with Crippen molar-refractivity contribution in [1.29, 1.82) is 0 Å². The Morgan fingerprint density at radius 3 is 2.90 bits per heavy atom. The highest BCUT2D eigenvalue weighted by Crippen LogP contribution is 2.19. The molecule has 1 aromatic carbocycles. The Balaban J connectivity index is 2.07. The number of hydrogen-bond donors (Lipinski definition) is 0. The van der Waals surface area contributed by atoms with Crippen LogP contribution in [-0.4, -0.2) is 21.3 Å². The Labute approximate surface area is 118 Å². The summed E-state index contributed by atoms with van der Waals surface area (Å²) in [6, 6.07) is 9.96. The number of carbonyl (C=O) groups excluding carboxylic acids is 1. The van der Waals surface area contributed by atoms with Gasteiger partial charge in [-0.3, -0.25) is 4.79 Å². The monoisotopic (exact) mass is 287 g/mol. The van der Waals surface area contributed by atoms with E-state index in [0.717, 1.165) is 4.88 Å². The lowest BCUT2D eigenvalue weighted by molar-refractivity contribution is 0.111. The molecule has 0 spiro atoms. The van der Waals surface area contributed by atoms with Crippen LogP contribution in [0, 0.1) is 5.82 Å². The van der Waals surface area contributed by atoms with E-state index in [9.17, 15) is 9.18 Å². The zero-order chi connectivity index (χ0) is 13.9. The highest BCUT2D eigenvalue weighted by Gasteiger charge is 2.15. The standard InChI is InChI=1S/C14H10FN3OS/c15-10-3-1-4-11(7-10)18-14(13(9-19)16-17-18)8-12-5-2-6-20-12/h1-7,9H,8H2. The van der Waals surface area contributed by atoms with Crippen molar-refractivity contribution >= 4 is 17.6 Å². The van der Waals surface area contributed by atoms with Crippen LogP contribution in [0.25, 0.3) is 5.69 Å². The molecule has 0 radical (unpaired) electrons. The van der Waals surface area contributed by atoms with Gasteiger partial charge in [0, 0.05) is 11.3 Å². The number of halogens is 1. The third kappa shape index (κ3) is 2.37. The summed E-state index contributed by atoms with van der Waals surface area (Å²) in [4.78, 5) is 12.2. The third-order valence-electron chi connectivity index (χ3n) is 2.88. The van der Waals surface area contributed by atoms with Crippen molar-refractivity contribution in [2.75, 3.05) is 0 Å². The SMILES string of the molecule is O=Cc1nnn(-c2cccc(F)c2)c1Cc1cccs1. The van der Waals surface area contributed by atoms with Gasteiger partial charge in [-0.15, -0.1) is 16.4 Å². The molecule has 0 amide bonds. The summed E-state index contributed by atoms with van der Waals surface area (Å²) in [6.07, 6.45) is 1.21. The summed E-state index contributed by atoms with van der Waals surface area (Å²) in [6.45, 7) is 0. The molecule has 0 N–H and O–H groups in total. The number of carbonyl (C=O) groups is 1. The Hall–Kier alpha value is -2.34. The first-order valence-electron chi connectivity index (χ1n) is 5.96. The van der Waals surface area contributed by atoms with E-state index in [1.54, 1.807) is 23.5 Å². The third-order valence-corrected chi connectivity index (χ3v) is 3.76. The van der Waals surface area contributed by atoms with E-state index in [2.05, 4.69) is 10.3 Å². The van der Waals surface area contributed by atoms with E-state index in [1.807, 2.05) is 17.5 Å². The summed E-state index contributed by atoms with van der Waals surface area (Å²) in [5.74, 6) is -0.354. The predicted octanol–water partition coefficient (Wildman–Crippen LogP) is 2.87. The van der Waals surface area contributed by atoms with Gasteiger partial charge in [-0.1, -0.05) is 17.3 Å². The van der Waals surface area contributed by atoms with Gasteiger partial charge in [-0.05, 0) is 29.6 Å². The van der Waals surface area contributed by atoms with Crippen LogP contribution < -0.4 is 0 Å². The second kappa shape index (κ2) is 5.34. The number of aldehydes is 1. The lowest BCUT2D eigenvalue weighted by Gasteiger charge is -2.06. The maximum atomic E-state index is 13.3. The minimum Gasteiger partial charge on any atom is -0.296 e. The van der Waals surface area contributed by atoms with Crippen molar-refractivity contribution in [3.05, 3.63) is 63.9 Å². The number of hydrogen-bond acceptors (Lipinski definition) is 4. The molecule has 3 rings (SSSR count). The first-order valence-corrected chi connectivity index (χ1v) is 6.84. The van der Waals surface area contributed by atoms with Gasteiger partial charge < -0.3 is 0 Å². The highest BCUT2D eigenvalue weighted by molar-refractivity contribution is 7.09. The molecule has 3 aromatic rings. The minimum atomic E-state index is -0.354. The smallest absolute Gasteiger partial charge is 0.172 e. The topological polar surface area (TPSA) is 47.8 Å². The fraction of sp³-hybridized carbons (Fsp3) is 0.0714. The van der Waals surface area contributed by atoms with Gasteiger partial charge in [-0.2, -0.15) is 0 Å². The highest BCUT2D eigenvalue weighted by atomic mass is 32.1. The molecule has 0 aliphatic carbocycles. The summed E-state index contributed by atoms with van der Waals surface area (Å²) in [7, 11) is 0. The second-order valence-electron chi connectivity index (χ2n) is 4.19. The minimum absolute atomic E-state index is 0.280. The van der Waals surface area contributed by atoms with Gasteiger partial charge >= 0.3 is 0 Å². The van der Waals surface area contributed by atoms with Crippen LogP contribution in [0.2, 0.25) is 0 Å². The van der Waals surface area contributed by atoms with Crippen molar-refractivity contribution in [2.45, 2.75) is 6.42 Å². The van der Waals surface area contributed by atoms with Gasteiger partial charge in [0.2, 0.25) is 0 Å². The summed E-state index contributed by atoms with van der Waals surface area (Å²) < 4.78 is 14.8. The zero-order valence-corrected chi connectivity index (χ0v) is 11.2. The van der Waals surface area contributed by atoms with E-state index in [4.69, 9.17) is 0 Å². The average Bonchev–Trinajstić information content (AvgIpc) is 3.08. The van der Waals surface area contributed by atoms with Crippen LogP contribution in [0.1, 0.15) is 21.1 Å². The molecule has 4 nitrogen and oxygen atoms in total. The fourth-order valence-corrected chi connectivity index (χ4v) is 2.67. The molecule has 0 saturated heterocycles. The Morgan fingerprint density at radius 2 is 2.20 bits per heavy atom. The molecule has 0 aliphatic rings. The van der Waals surface area contributed by atoms with Gasteiger partial charge in [-0.25, -0.2) is 9.07 Å². The molecule has 0 fully saturated rings. The molecular weight excluding hydrogens is 277 g/mol. The molecule has 2 heterocycles. The van der Waals surface area contributed by atoms with Crippen molar-refractivity contribution in [3.8, 4) is 5.69 Å². The van der Waals surface area contributed by atoms with Crippen LogP contribution in [0.15, 0.2) is 41.8 Å². The lowest BCUT2D eigenvalue weighted by atomic mass is 10.2. The van der Waals surface area contributed by atoms with Crippen LogP contribution in [-0.2, 0) is 6.42 Å². The van der Waals surface area contributed by atoms with Crippen LogP contribution in [0.5, 0.6) is 0 Å². The largest absolute Gasteiger partial charge is 0.296 e. The van der Waals surface area contributed by atoms with Crippen LogP contribution >= 0.6 is 11.3 Å². The van der Waals surface area contributed by atoms with E-state index in [1.165, 1.54) is 16.8 Å². The predicted molar refractivity (Wildman–Crippen MR) is 73.8 cm³/mol. The number of nitrogens with zero attached hydrogens (tertiary/aromatic N) is 3. The molecule has 0 aliphatic heterocycles.